The molecule has 0 fully saturated rings. The van der Waals surface area contributed by atoms with Gasteiger partial charge in [-0.25, -0.2) is 0 Å². The number of hydrogen-bond acceptors (Lipinski definition) is 3. The Balaban J connectivity index is 2.78. The summed E-state index contributed by atoms with van der Waals surface area (Å²) in [7, 11) is 1.70. The Morgan fingerprint density at radius 3 is 2.37 bits per heavy atom. The third kappa shape index (κ3) is 4.51. The average molecular weight is 265 g/mol. The van der Waals surface area contributed by atoms with Gasteiger partial charge in [-0.3, -0.25) is 0 Å². The molecule has 0 heterocycles. The summed E-state index contributed by atoms with van der Waals surface area (Å²) in [5.74, 6) is 1.82. The average Bonchev–Trinajstić information content (AvgIpc) is 2.38. The number of benzene rings is 1. The maximum absolute atomic E-state index is 9.32. The molecule has 1 aromatic carbocycles. The molecule has 0 aliphatic heterocycles. The van der Waals surface area contributed by atoms with Crippen LogP contribution in [0.15, 0.2) is 18.2 Å². The molecule has 0 radical (unpaired) electrons. The largest absolute Gasteiger partial charge is 0.496 e. The van der Waals surface area contributed by atoms with E-state index in [4.69, 9.17) is 4.74 Å². The lowest BCUT2D eigenvalue weighted by Gasteiger charge is -2.21. The van der Waals surface area contributed by atoms with Crippen molar-refractivity contribution in [1.29, 1.82) is 0 Å². The molecule has 0 aliphatic carbocycles. The van der Waals surface area contributed by atoms with Gasteiger partial charge in [-0.05, 0) is 23.5 Å². The number of hydrogen-bond donors (Lipinski definition) is 2. The summed E-state index contributed by atoms with van der Waals surface area (Å²) in [6.07, 6.45) is 0. The molecule has 1 unspecified atom stereocenters. The van der Waals surface area contributed by atoms with Crippen molar-refractivity contribution in [3.8, 4) is 5.75 Å². The Bertz CT molecular complexity index is 388. The first kappa shape index (κ1) is 16.0. The molecule has 3 heteroatoms. The van der Waals surface area contributed by atoms with Gasteiger partial charge in [0.15, 0.2) is 0 Å². The lowest BCUT2D eigenvalue weighted by Crippen LogP contribution is -2.36. The van der Waals surface area contributed by atoms with Crippen LogP contribution in [0.5, 0.6) is 5.75 Å². The second kappa shape index (κ2) is 7.51. The van der Waals surface area contributed by atoms with E-state index in [2.05, 4.69) is 51.2 Å². The maximum Gasteiger partial charge on any atom is 0.123 e. The summed E-state index contributed by atoms with van der Waals surface area (Å²) >= 11 is 0. The van der Waals surface area contributed by atoms with Gasteiger partial charge in [-0.1, -0.05) is 39.8 Å². The fraction of sp³-hybridized carbons (Fsp3) is 0.625. The van der Waals surface area contributed by atoms with Gasteiger partial charge < -0.3 is 15.2 Å². The summed E-state index contributed by atoms with van der Waals surface area (Å²) in [4.78, 5) is 0. The first-order chi connectivity index (χ1) is 8.99. The topological polar surface area (TPSA) is 41.5 Å². The third-order valence-electron chi connectivity index (χ3n) is 3.53. The third-order valence-corrected chi connectivity index (χ3v) is 3.53. The summed E-state index contributed by atoms with van der Waals surface area (Å²) in [5, 5.41) is 12.7. The van der Waals surface area contributed by atoms with Crippen LogP contribution < -0.4 is 10.1 Å². The molecule has 1 aromatic rings. The zero-order chi connectivity index (χ0) is 14.4. The van der Waals surface area contributed by atoms with E-state index in [9.17, 15) is 5.11 Å². The molecule has 0 saturated carbocycles. The quantitative estimate of drug-likeness (QED) is 0.796. The number of aliphatic hydroxyl groups is 1. The summed E-state index contributed by atoms with van der Waals surface area (Å²) in [6, 6.07) is 6.48. The van der Waals surface area contributed by atoms with Crippen LogP contribution >= 0.6 is 0 Å². The molecule has 2 N–H and O–H groups in total. The molecule has 108 valence electrons. The number of nitrogens with one attached hydrogen (secondary N) is 1. The Morgan fingerprint density at radius 2 is 1.89 bits per heavy atom. The van der Waals surface area contributed by atoms with Gasteiger partial charge in [0.25, 0.3) is 0 Å². The van der Waals surface area contributed by atoms with E-state index in [-0.39, 0.29) is 12.6 Å². The maximum atomic E-state index is 9.32. The van der Waals surface area contributed by atoms with Crippen molar-refractivity contribution >= 4 is 0 Å². The lowest BCUT2D eigenvalue weighted by atomic mass is 10.00. The van der Waals surface area contributed by atoms with Crippen molar-refractivity contribution in [3.05, 3.63) is 29.3 Å². The minimum absolute atomic E-state index is 0.120. The Kier molecular flexibility index (Phi) is 6.32. The zero-order valence-corrected chi connectivity index (χ0v) is 12.7. The first-order valence-corrected chi connectivity index (χ1v) is 7.00. The molecule has 0 bridgehead atoms. The van der Waals surface area contributed by atoms with Crippen molar-refractivity contribution in [2.45, 2.75) is 46.2 Å². The molecule has 19 heavy (non-hydrogen) atoms. The second-order valence-corrected chi connectivity index (χ2v) is 5.64. The number of rotatable bonds is 7. The highest BCUT2D eigenvalue weighted by Gasteiger charge is 2.13. The summed E-state index contributed by atoms with van der Waals surface area (Å²) in [5.41, 5.74) is 2.41. The fourth-order valence-electron chi connectivity index (χ4n) is 2.02. The highest BCUT2D eigenvalue weighted by Crippen LogP contribution is 2.24. The molecular formula is C16H27NO2. The van der Waals surface area contributed by atoms with E-state index in [1.807, 2.05) is 0 Å². The highest BCUT2D eigenvalue weighted by atomic mass is 16.5. The Labute approximate surface area is 117 Å². The smallest absolute Gasteiger partial charge is 0.123 e. The van der Waals surface area contributed by atoms with Crippen LogP contribution in [-0.2, 0) is 6.54 Å². The van der Waals surface area contributed by atoms with Crippen LogP contribution in [0.2, 0.25) is 0 Å². The van der Waals surface area contributed by atoms with E-state index >= 15 is 0 Å². The van der Waals surface area contributed by atoms with Crippen LogP contribution in [-0.4, -0.2) is 24.9 Å². The normalized spacial score (nSPS) is 13.1. The molecule has 1 rings (SSSR count). The van der Waals surface area contributed by atoms with Crippen molar-refractivity contribution in [2.24, 2.45) is 5.92 Å². The van der Waals surface area contributed by atoms with E-state index < -0.39 is 0 Å². The standard InChI is InChI=1S/C16H27NO2/c1-11(2)13-6-7-14(16(8-13)19-5)9-17-15(10-18)12(3)4/h6-8,11-12,15,17-18H,9-10H2,1-5H3. The molecular weight excluding hydrogens is 238 g/mol. The van der Waals surface area contributed by atoms with Crippen LogP contribution in [0, 0.1) is 5.92 Å². The first-order valence-electron chi connectivity index (χ1n) is 7.00. The van der Waals surface area contributed by atoms with E-state index in [0.717, 1.165) is 11.3 Å². The van der Waals surface area contributed by atoms with Crippen LogP contribution in [0.1, 0.15) is 44.7 Å². The van der Waals surface area contributed by atoms with Crippen molar-refractivity contribution in [2.75, 3.05) is 13.7 Å². The minimum atomic E-state index is 0.120. The van der Waals surface area contributed by atoms with Crippen LogP contribution in [0.3, 0.4) is 0 Å². The van der Waals surface area contributed by atoms with E-state index in [0.29, 0.717) is 18.4 Å². The second-order valence-electron chi connectivity index (χ2n) is 5.64. The number of ether oxygens (including phenoxy) is 1. The Hall–Kier alpha value is -1.06. The zero-order valence-electron chi connectivity index (χ0n) is 12.7. The molecule has 1 atom stereocenters. The summed E-state index contributed by atoms with van der Waals surface area (Å²) < 4.78 is 5.46. The van der Waals surface area contributed by atoms with Gasteiger partial charge in [0.05, 0.1) is 13.7 Å². The van der Waals surface area contributed by atoms with Crippen LogP contribution in [0.25, 0.3) is 0 Å². The number of aliphatic hydroxyl groups excluding tert-OH is 1. The van der Waals surface area contributed by atoms with Gasteiger partial charge >= 0.3 is 0 Å². The van der Waals surface area contributed by atoms with Gasteiger partial charge in [-0.15, -0.1) is 0 Å². The van der Waals surface area contributed by atoms with Crippen LogP contribution in [0.4, 0.5) is 0 Å². The minimum Gasteiger partial charge on any atom is -0.496 e. The van der Waals surface area contributed by atoms with E-state index in [1.54, 1.807) is 7.11 Å². The van der Waals surface area contributed by atoms with Gasteiger partial charge in [-0.2, -0.15) is 0 Å². The molecule has 0 amide bonds. The van der Waals surface area contributed by atoms with Gasteiger partial charge in [0.1, 0.15) is 5.75 Å². The number of methoxy groups -OCH3 is 1. The monoisotopic (exact) mass is 265 g/mol. The molecule has 3 nitrogen and oxygen atoms in total. The molecule has 0 saturated heterocycles. The Morgan fingerprint density at radius 1 is 1.21 bits per heavy atom. The van der Waals surface area contributed by atoms with Gasteiger partial charge in [0, 0.05) is 18.2 Å². The summed E-state index contributed by atoms with van der Waals surface area (Å²) in [6.45, 7) is 9.43. The van der Waals surface area contributed by atoms with E-state index in [1.165, 1.54) is 5.56 Å². The molecule has 0 spiro atoms. The SMILES string of the molecule is COc1cc(C(C)C)ccc1CNC(CO)C(C)C. The predicted molar refractivity (Wildman–Crippen MR) is 79.6 cm³/mol. The molecule has 0 aromatic heterocycles. The predicted octanol–water partition coefficient (Wildman–Crippen LogP) is 2.93. The van der Waals surface area contributed by atoms with Crippen molar-refractivity contribution < 1.29 is 9.84 Å². The molecule has 0 aliphatic rings. The fourth-order valence-corrected chi connectivity index (χ4v) is 2.02. The van der Waals surface area contributed by atoms with Crippen molar-refractivity contribution in [1.82, 2.24) is 5.32 Å². The van der Waals surface area contributed by atoms with Gasteiger partial charge in [0.2, 0.25) is 0 Å². The lowest BCUT2D eigenvalue weighted by molar-refractivity contribution is 0.209. The van der Waals surface area contributed by atoms with Crippen molar-refractivity contribution in [3.63, 3.8) is 0 Å². The highest BCUT2D eigenvalue weighted by molar-refractivity contribution is 5.38.